The van der Waals surface area contributed by atoms with Crippen molar-refractivity contribution < 1.29 is 13.2 Å². The van der Waals surface area contributed by atoms with Crippen LogP contribution in [0.2, 0.25) is 5.02 Å². The zero-order chi connectivity index (χ0) is 11.9. The van der Waals surface area contributed by atoms with Gasteiger partial charge in [-0.1, -0.05) is 11.6 Å². The van der Waals surface area contributed by atoms with Gasteiger partial charge in [0.25, 0.3) is 0 Å². The van der Waals surface area contributed by atoms with E-state index in [4.69, 9.17) is 17.3 Å². The van der Waals surface area contributed by atoms with Crippen molar-refractivity contribution in [2.24, 2.45) is 0 Å². The summed E-state index contributed by atoms with van der Waals surface area (Å²) in [7, 11) is 0. The summed E-state index contributed by atoms with van der Waals surface area (Å²) in [6.07, 6.45) is -4.39. The number of nitrogens with one attached hydrogen (secondary N) is 1. The average Bonchev–Trinajstić information content (AvgIpc) is 2.07. The molecule has 0 atom stereocenters. The molecule has 0 spiro atoms. The lowest BCUT2D eigenvalue weighted by atomic mass is 9.91. The maximum Gasteiger partial charge on any atom is 0.416 e. The number of halogens is 4. The van der Waals surface area contributed by atoms with Crippen molar-refractivity contribution in [2.75, 3.05) is 18.8 Å². The Bertz CT molecular complexity index is 413. The van der Waals surface area contributed by atoms with Crippen molar-refractivity contribution in [3.63, 3.8) is 0 Å². The van der Waals surface area contributed by atoms with E-state index in [1.807, 2.05) is 0 Å². The first kappa shape index (κ1) is 11.5. The van der Waals surface area contributed by atoms with Crippen LogP contribution >= 0.6 is 11.6 Å². The molecular weight excluding hydrogens is 241 g/mol. The Kier molecular flexibility index (Phi) is 2.75. The second-order valence-corrected chi connectivity index (χ2v) is 4.22. The summed E-state index contributed by atoms with van der Waals surface area (Å²) in [6, 6.07) is 1.96. The highest BCUT2D eigenvalue weighted by Crippen LogP contribution is 2.38. The number of nitrogen functional groups attached to an aromatic ring is 1. The second-order valence-electron chi connectivity index (χ2n) is 3.81. The Labute approximate surface area is 95.6 Å². The standard InChI is InChI=1S/C10H10ClF3N2/c11-8-2-6(10(12,13)14)1-7(9(8)15)5-3-16-4-5/h1-2,5,16H,3-4,15H2. The first-order valence-electron chi connectivity index (χ1n) is 4.76. The van der Waals surface area contributed by atoms with Crippen molar-refractivity contribution in [3.05, 3.63) is 28.3 Å². The number of benzene rings is 1. The van der Waals surface area contributed by atoms with Gasteiger partial charge >= 0.3 is 6.18 Å². The van der Waals surface area contributed by atoms with E-state index in [0.29, 0.717) is 18.7 Å². The molecule has 88 valence electrons. The molecule has 0 aliphatic carbocycles. The summed E-state index contributed by atoms with van der Waals surface area (Å²) in [5.41, 5.74) is 5.67. The SMILES string of the molecule is Nc1c(Cl)cc(C(F)(F)F)cc1C1CNC1. The van der Waals surface area contributed by atoms with Gasteiger partial charge in [-0.2, -0.15) is 13.2 Å². The molecule has 16 heavy (non-hydrogen) atoms. The molecular formula is C10H10ClF3N2. The number of rotatable bonds is 1. The molecule has 0 aromatic heterocycles. The van der Waals surface area contributed by atoms with Crippen LogP contribution in [0.4, 0.5) is 18.9 Å². The summed E-state index contributed by atoms with van der Waals surface area (Å²) < 4.78 is 37.6. The zero-order valence-electron chi connectivity index (χ0n) is 8.24. The number of alkyl halides is 3. The highest BCUT2D eigenvalue weighted by atomic mass is 35.5. The van der Waals surface area contributed by atoms with Crippen molar-refractivity contribution in [2.45, 2.75) is 12.1 Å². The lowest BCUT2D eigenvalue weighted by Gasteiger charge is -2.29. The monoisotopic (exact) mass is 250 g/mol. The van der Waals surface area contributed by atoms with E-state index in [0.717, 1.165) is 12.1 Å². The fraction of sp³-hybridized carbons (Fsp3) is 0.400. The van der Waals surface area contributed by atoms with Crippen LogP contribution in [0.1, 0.15) is 17.0 Å². The minimum atomic E-state index is -4.39. The quantitative estimate of drug-likeness (QED) is 0.752. The summed E-state index contributed by atoms with van der Waals surface area (Å²) in [4.78, 5) is 0. The number of nitrogens with two attached hydrogens (primary N) is 1. The third-order valence-corrected chi connectivity index (χ3v) is 3.02. The third kappa shape index (κ3) is 1.97. The van der Waals surface area contributed by atoms with Crippen LogP contribution in [0.5, 0.6) is 0 Å². The number of hydrogen-bond acceptors (Lipinski definition) is 2. The second kappa shape index (κ2) is 3.82. The molecule has 1 aliphatic heterocycles. The predicted octanol–water partition coefficient (Wildman–Crippen LogP) is 2.63. The molecule has 1 aromatic rings. The highest BCUT2D eigenvalue weighted by Gasteiger charge is 2.33. The van der Waals surface area contributed by atoms with Crippen LogP contribution in [-0.2, 0) is 6.18 Å². The number of anilines is 1. The van der Waals surface area contributed by atoms with E-state index in [-0.39, 0.29) is 16.6 Å². The van der Waals surface area contributed by atoms with Crippen molar-refractivity contribution in [1.82, 2.24) is 5.32 Å². The molecule has 1 saturated heterocycles. The van der Waals surface area contributed by atoms with Crippen LogP contribution in [0.25, 0.3) is 0 Å². The predicted molar refractivity (Wildman–Crippen MR) is 56.5 cm³/mol. The topological polar surface area (TPSA) is 38.0 Å². The Morgan fingerprint density at radius 3 is 2.38 bits per heavy atom. The van der Waals surface area contributed by atoms with Crippen molar-refractivity contribution in [3.8, 4) is 0 Å². The van der Waals surface area contributed by atoms with Crippen LogP contribution in [0.3, 0.4) is 0 Å². The summed E-state index contributed by atoms with van der Waals surface area (Å²) in [5, 5.41) is 2.95. The van der Waals surface area contributed by atoms with E-state index in [1.54, 1.807) is 0 Å². The molecule has 0 radical (unpaired) electrons. The third-order valence-electron chi connectivity index (χ3n) is 2.71. The first-order valence-corrected chi connectivity index (χ1v) is 5.14. The van der Waals surface area contributed by atoms with Gasteiger partial charge in [0.05, 0.1) is 16.3 Å². The molecule has 3 N–H and O–H groups in total. The first-order chi connectivity index (χ1) is 7.39. The Morgan fingerprint density at radius 1 is 1.31 bits per heavy atom. The highest BCUT2D eigenvalue weighted by molar-refractivity contribution is 6.33. The minimum absolute atomic E-state index is 0.0276. The van der Waals surface area contributed by atoms with E-state index < -0.39 is 11.7 Å². The molecule has 1 aliphatic rings. The van der Waals surface area contributed by atoms with Gasteiger partial charge in [0.1, 0.15) is 0 Å². The van der Waals surface area contributed by atoms with Gasteiger partial charge in [0.2, 0.25) is 0 Å². The average molecular weight is 251 g/mol. The normalized spacial score (nSPS) is 17.2. The summed E-state index contributed by atoms with van der Waals surface area (Å²) in [6.45, 7) is 1.28. The van der Waals surface area contributed by atoms with Gasteiger partial charge in [0, 0.05) is 19.0 Å². The number of hydrogen-bond donors (Lipinski definition) is 2. The van der Waals surface area contributed by atoms with Gasteiger partial charge in [-0.25, -0.2) is 0 Å². The van der Waals surface area contributed by atoms with E-state index in [2.05, 4.69) is 5.32 Å². The summed E-state index contributed by atoms with van der Waals surface area (Å²) in [5.74, 6) is 0.0276. The molecule has 0 bridgehead atoms. The van der Waals surface area contributed by atoms with Gasteiger partial charge in [0.15, 0.2) is 0 Å². The van der Waals surface area contributed by atoms with Crippen LogP contribution in [0.15, 0.2) is 12.1 Å². The maximum absolute atomic E-state index is 12.5. The van der Waals surface area contributed by atoms with Crippen LogP contribution < -0.4 is 11.1 Å². The van der Waals surface area contributed by atoms with Crippen molar-refractivity contribution >= 4 is 17.3 Å². The van der Waals surface area contributed by atoms with E-state index in [9.17, 15) is 13.2 Å². The molecule has 0 saturated carbocycles. The van der Waals surface area contributed by atoms with Crippen LogP contribution in [0, 0.1) is 0 Å². The molecule has 6 heteroatoms. The molecule has 0 amide bonds. The van der Waals surface area contributed by atoms with Crippen molar-refractivity contribution in [1.29, 1.82) is 0 Å². The van der Waals surface area contributed by atoms with Gasteiger partial charge in [-0.15, -0.1) is 0 Å². The van der Waals surface area contributed by atoms with Crippen LogP contribution in [-0.4, -0.2) is 13.1 Å². The molecule has 2 nitrogen and oxygen atoms in total. The molecule has 0 unspecified atom stereocenters. The van der Waals surface area contributed by atoms with E-state index >= 15 is 0 Å². The Balaban J connectivity index is 2.47. The maximum atomic E-state index is 12.5. The Hall–Kier alpha value is -0.940. The zero-order valence-corrected chi connectivity index (χ0v) is 8.99. The van der Waals surface area contributed by atoms with E-state index in [1.165, 1.54) is 0 Å². The molecule has 1 heterocycles. The summed E-state index contributed by atoms with van der Waals surface area (Å²) >= 11 is 5.70. The molecule has 1 aromatic carbocycles. The van der Waals surface area contributed by atoms with Gasteiger partial charge in [-0.3, -0.25) is 0 Å². The fourth-order valence-electron chi connectivity index (χ4n) is 1.65. The smallest absolute Gasteiger partial charge is 0.397 e. The van der Waals surface area contributed by atoms with Gasteiger partial charge in [-0.05, 0) is 17.7 Å². The molecule has 2 rings (SSSR count). The largest absolute Gasteiger partial charge is 0.416 e. The fourth-order valence-corrected chi connectivity index (χ4v) is 1.88. The minimum Gasteiger partial charge on any atom is -0.397 e. The molecule has 1 fully saturated rings. The lowest BCUT2D eigenvalue weighted by Crippen LogP contribution is -2.40. The Morgan fingerprint density at radius 2 is 1.94 bits per heavy atom. The van der Waals surface area contributed by atoms with Gasteiger partial charge < -0.3 is 11.1 Å². The lowest BCUT2D eigenvalue weighted by molar-refractivity contribution is -0.137.